The number of hydrogen-bond acceptors (Lipinski definition) is 4. The number of carbonyl (C=O) groups excluding carboxylic acids is 1. The first-order valence-corrected chi connectivity index (χ1v) is 6.92. The lowest BCUT2D eigenvalue weighted by Gasteiger charge is -2.04. The summed E-state index contributed by atoms with van der Waals surface area (Å²) in [5, 5.41) is 0. The van der Waals surface area contributed by atoms with Crippen LogP contribution in [0.2, 0.25) is 0 Å². The molecule has 0 saturated heterocycles. The number of nitrogens with zero attached hydrogens (tertiary/aromatic N) is 1. The molecule has 23 heavy (non-hydrogen) atoms. The van der Waals surface area contributed by atoms with Crippen LogP contribution < -0.4 is 10.3 Å². The average molecular weight is 312 g/mol. The van der Waals surface area contributed by atoms with Crippen LogP contribution in [0.3, 0.4) is 0 Å². The van der Waals surface area contributed by atoms with Gasteiger partial charge in [0.2, 0.25) is 0 Å². The summed E-state index contributed by atoms with van der Waals surface area (Å²) in [7, 11) is 1.54. The van der Waals surface area contributed by atoms with Crippen molar-refractivity contribution >= 4 is 16.8 Å². The number of ketones is 1. The number of methoxy groups -OCH3 is 1. The van der Waals surface area contributed by atoms with Crippen molar-refractivity contribution in [1.82, 2.24) is 9.97 Å². The number of halogens is 1. The highest BCUT2D eigenvalue weighted by Gasteiger charge is 2.12. The summed E-state index contributed by atoms with van der Waals surface area (Å²) in [5.74, 6) is -0.0469. The highest BCUT2D eigenvalue weighted by atomic mass is 19.1. The molecule has 6 heteroatoms. The van der Waals surface area contributed by atoms with Gasteiger partial charge in [0.1, 0.15) is 17.3 Å². The van der Waals surface area contributed by atoms with Crippen molar-refractivity contribution < 1.29 is 13.9 Å². The van der Waals surface area contributed by atoms with E-state index in [9.17, 15) is 14.0 Å². The number of aromatic nitrogens is 2. The molecule has 5 nitrogen and oxygen atoms in total. The van der Waals surface area contributed by atoms with Gasteiger partial charge in [-0.15, -0.1) is 0 Å². The smallest absolute Gasteiger partial charge is 0.270 e. The first-order valence-electron chi connectivity index (χ1n) is 6.92. The standard InChI is InChI=1S/C17H13FN2O3/c1-23-12-5-2-10(3-6-12)16(21)9-15-17(22)20-14-8-11(18)4-7-13(14)19-15/h2-8H,9H2,1H3,(H,20,22). The molecule has 0 spiro atoms. The molecule has 0 atom stereocenters. The number of rotatable bonds is 4. The molecule has 116 valence electrons. The summed E-state index contributed by atoms with van der Waals surface area (Å²) >= 11 is 0. The van der Waals surface area contributed by atoms with Gasteiger partial charge in [0.15, 0.2) is 5.78 Å². The number of fused-ring (bicyclic) bond motifs is 1. The lowest BCUT2D eigenvalue weighted by atomic mass is 10.1. The van der Waals surface area contributed by atoms with E-state index < -0.39 is 11.4 Å². The minimum absolute atomic E-state index is 0.102. The lowest BCUT2D eigenvalue weighted by Crippen LogP contribution is -2.19. The van der Waals surface area contributed by atoms with Crippen LogP contribution in [0.4, 0.5) is 4.39 Å². The molecular weight excluding hydrogens is 299 g/mol. The van der Waals surface area contributed by atoms with E-state index in [-0.39, 0.29) is 17.9 Å². The molecule has 0 amide bonds. The van der Waals surface area contributed by atoms with E-state index in [1.54, 1.807) is 24.3 Å². The Hall–Kier alpha value is -3.02. The summed E-state index contributed by atoms with van der Waals surface area (Å²) in [6.07, 6.45) is -0.130. The Labute approximate surface area is 130 Å². The Balaban J connectivity index is 1.90. The topological polar surface area (TPSA) is 72.0 Å². The van der Waals surface area contributed by atoms with Crippen molar-refractivity contribution in [2.45, 2.75) is 6.42 Å². The molecule has 0 bridgehead atoms. The van der Waals surface area contributed by atoms with Crippen LogP contribution in [0.15, 0.2) is 47.3 Å². The molecule has 0 aliphatic carbocycles. The van der Waals surface area contributed by atoms with E-state index in [1.807, 2.05) is 0 Å². The van der Waals surface area contributed by atoms with Gasteiger partial charge in [-0.1, -0.05) is 0 Å². The fourth-order valence-electron chi connectivity index (χ4n) is 2.25. The van der Waals surface area contributed by atoms with Crippen LogP contribution in [0.1, 0.15) is 16.1 Å². The number of aromatic amines is 1. The monoisotopic (exact) mass is 312 g/mol. The van der Waals surface area contributed by atoms with Crippen molar-refractivity contribution in [3.05, 3.63) is 69.9 Å². The largest absolute Gasteiger partial charge is 0.497 e. The number of ether oxygens (including phenoxy) is 1. The van der Waals surface area contributed by atoms with Gasteiger partial charge in [-0.25, -0.2) is 9.37 Å². The maximum Gasteiger partial charge on any atom is 0.270 e. The van der Waals surface area contributed by atoms with E-state index in [0.717, 1.165) is 0 Å². The van der Waals surface area contributed by atoms with Gasteiger partial charge in [-0.05, 0) is 42.5 Å². The van der Waals surface area contributed by atoms with Crippen molar-refractivity contribution in [2.75, 3.05) is 7.11 Å². The van der Waals surface area contributed by atoms with Crippen LogP contribution in [0, 0.1) is 5.82 Å². The predicted molar refractivity (Wildman–Crippen MR) is 83.4 cm³/mol. The van der Waals surface area contributed by atoms with Gasteiger partial charge < -0.3 is 9.72 Å². The zero-order valence-electron chi connectivity index (χ0n) is 12.3. The van der Waals surface area contributed by atoms with Crippen molar-refractivity contribution in [3.63, 3.8) is 0 Å². The van der Waals surface area contributed by atoms with Crippen molar-refractivity contribution in [3.8, 4) is 5.75 Å². The maximum atomic E-state index is 13.1. The van der Waals surface area contributed by atoms with Crippen LogP contribution in [-0.2, 0) is 6.42 Å². The Bertz CT molecular complexity index is 933. The zero-order chi connectivity index (χ0) is 16.4. The Morgan fingerprint density at radius 2 is 1.96 bits per heavy atom. The normalized spacial score (nSPS) is 10.7. The second-order valence-corrected chi connectivity index (χ2v) is 5.00. The third-order valence-corrected chi connectivity index (χ3v) is 3.46. The molecule has 1 heterocycles. The summed E-state index contributed by atoms with van der Waals surface area (Å²) < 4.78 is 18.2. The fourth-order valence-corrected chi connectivity index (χ4v) is 2.25. The van der Waals surface area contributed by atoms with Crippen LogP contribution >= 0.6 is 0 Å². The number of hydrogen-bond donors (Lipinski definition) is 1. The fraction of sp³-hybridized carbons (Fsp3) is 0.118. The Morgan fingerprint density at radius 1 is 1.22 bits per heavy atom. The molecule has 1 aromatic heterocycles. The van der Waals surface area contributed by atoms with Gasteiger partial charge in [-0.3, -0.25) is 9.59 Å². The minimum Gasteiger partial charge on any atom is -0.497 e. The van der Waals surface area contributed by atoms with E-state index in [2.05, 4.69) is 9.97 Å². The first kappa shape index (κ1) is 14.9. The molecule has 0 saturated carbocycles. The second kappa shape index (κ2) is 6.00. The molecule has 3 aromatic rings. The zero-order valence-corrected chi connectivity index (χ0v) is 12.3. The lowest BCUT2D eigenvalue weighted by molar-refractivity contribution is 0.0991. The van der Waals surface area contributed by atoms with Crippen LogP contribution in [-0.4, -0.2) is 22.9 Å². The molecule has 2 aromatic carbocycles. The first-order chi connectivity index (χ1) is 11.1. The predicted octanol–water partition coefficient (Wildman–Crippen LogP) is 2.50. The van der Waals surface area contributed by atoms with Gasteiger partial charge in [0, 0.05) is 5.56 Å². The van der Waals surface area contributed by atoms with Crippen molar-refractivity contribution in [2.24, 2.45) is 0 Å². The molecule has 0 fully saturated rings. The van der Waals surface area contributed by atoms with E-state index >= 15 is 0 Å². The van der Waals surface area contributed by atoms with Crippen molar-refractivity contribution in [1.29, 1.82) is 0 Å². The van der Waals surface area contributed by atoms with Crippen LogP contribution in [0.5, 0.6) is 5.75 Å². The van der Waals surface area contributed by atoms with E-state index in [0.29, 0.717) is 22.3 Å². The Morgan fingerprint density at radius 3 is 2.65 bits per heavy atom. The average Bonchev–Trinajstić information content (AvgIpc) is 2.55. The van der Waals surface area contributed by atoms with Gasteiger partial charge >= 0.3 is 0 Å². The summed E-state index contributed by atoms with van der Waals surface area (Å²) in [6.45, 7) is 0. The highest BCUT2D eigenvalue weighted by Crippen LogP contribution is 2.14. The summed E-state index contributed by atoms with van der Waals surface area (Å²) in [5.41, 5.74) is 0.806. The third kappa shape index (κ3) is 3.11. The number of benzene rings is 2. The SMILES string of the molecule is COc1ccc(C(=O)Cc2nc3ccc(F)cc3[nH]c2=O)cc1. The molecule has 0 aliphatic heterocycles. The van der Waals surface area contributed by atoms with Gasteiger partial charge in [0.25, 0.3) is 5.56 Å². The van der Waals surface area contributed by atoms with E-state index in [1.165, 1.54) is 25.3 Å². The third-order valence-electron chi connectivity index (χ3n) is 3.46. The molecule has 1 N–H and O–H groups in total. The minimum atomic E-state index is -0.495. The summed E-state index contributed by atoms with van der Waals surface area (Å²) in [6, 6.07) is 10.5. The summed E-state index contributed by atoms with van der Waals surface area (Å²) in [4.78, 5) is 31.0. The number of Topliss-reactive ketones (excluding diaryl/α,β-unsaturated/α-hetero) is 1. The molecule has 3 rings (SSSR count). The number of nitrogens with one attached hydrogen (secondary N) is 1. The molecule has 0 unspecified atom stereocenters. The molecule has 0 aliphatic rings. The molecular formula is C17H13FN2O3. The quantitative estimate of drug-likeness (QED) is 0.751. The Kier molecular flexibility index (Phi) is 3.89. The van der Waals surface area contributed by atoms with Gasteiger partial charge in [0.05, 0.1) is 24.6 Å². The van der Waals surface area contributed by atoms with E-state index in [4.69, 9.17) is 4.74 Å². The number of H-pyrrole nitrogens is 1. The highest BCUT2D eigenvalue weighted by molar-refractivity contribution is 5.97. The second-order valence-electron chi connectivity index (χ2n) is 5.00. The molecule has 0 radical (unpaired) electrons. The maximum absolute atomic E-state index is 13.1. The number of carbonyl (C=O) groups is 1. The van der Waals surface area contributed by atoms with Gasteiger partial charge in [-0.2, -0.15) is 0 Å². The van der Waals surface area contributed by atoms with Crippen LogP contribution in [0.25, 0.3) is 11.0 Å².